The highest BCUT2D eigenvalue weighted by atomic mass is 14.9. The van der Waals surface area contributed by atoms with Crippen LogP contribution in [0.15, 0.2) is 18.2 Å². The monoisotopic (exact) mass is 205 g/mol. The van der Waals surface area contributed by atoms with Gasteiger partial charge in [-0.2, -0.15) is 0 Å². The fourth-order valence-corrected chi connectivity index (χ4v) is 1.45. The van der Waals surface area contributed by atoms with Gasteiger partial charge < -0.3 is 5.32 Å². The summed E-state index contributed by atoms with van der Waals surface area (Å²) in [4.78, 5) is 0. The van der Waals surface area contributed by atoms with E-state index in [1.165, 1.54) is 16.7 Å². The van der Waals surface area contributed by atoms with Crippen molar-refractivity contribution in [2.75, 3.05) is 0 Å². The van der Waals surface area contributed by atoms with Crippen LogP contribution in [0.1, 0.15) is 43.9 Å². The number of rotatable bonds is 4. The maximum atomic E-state index is 3.59. The molecule has 1 N–H and O–H groups in total. The lowest BCUT2D eigenvalue weighted by Gasteiger charge is -2.25. The van der Waals surface area contributed by atoms with E-state index in [0.717, 1.165) is 13.0 Å². The van der Waals surface area contributed by atoms with Crippen LogP contribution in [0.4, 0.5) is 0 Å². The van der Waals surface area contributed by atoms with Crippen molar-refractivity contribution in [1.82, 2.24) is 5.32 Å². The first-order valence-electron chi connectivity index (χ1n) is 5.76. The third kappa shape index (κ3) is 3.67. The predicted octanol–water partition coefficient (Wildman–Crippen LogP) is 3.58. The van der Waals surface area contributed by atoms with Gasteiger partial charge in [-0.25, -0.2) is 0 Å². The molecule has 1 nitrogen and oxygen atoms in total. The van der Waals surface area contributed by atoms with Gasteiger partial charge in [0.2, 0.25) is 0 Å². The number of nitrogens with one attached hydrogen (secondary N) is 1. The highest BCUT2D eigenvalue weighted by molar-refractivity contribution is 5.30. The first kappa shape index (κ1) is 12.3. The molecule has 0 saturated heterocycles. The molecule has 1 rings (SSSR count). The molecule has 1 aromatic carbocycles. The zero-order valence-corrected chi connectivity index (χ0v) is 10.6. The van der Waals surface area contributed by atoms with E-state index in [0.29, 0.717) is 0 Å². The Morgan fingerprint density at radius 3 is 2.47 bits per heavy atom. The van der Waals surface area contributed by atoms with Crippen molar-refractivity contribution >= 4 is 0 Å². The topological polar surface area (TPSA) is 12.0 Å². The van der Waals surface area contributed by atoms with Crippen LogP contribution in [0, 0.1) is 13.8 Å². The third-order valence-corrected chi connectivity index (χ3v) is 3.15. The smallest absolute Gasteiger partial charge is 0.0213 e. The van der Waals surface area contributed by atoms with Crippen LogP contribution in [0.5, 0.6) is 0 Å². The molecule has 0 spiro atoms. The second-order valence-corrected chi connectivity index (χ2v) is 5.02. The van der Waals surface area contributed by atoms with Crippen LogP contribution in [0.2, 0.25) is 0 Å². The minimum absolute atomic E-state index is 0.232. The van der Waals surface area contributed by atoms with E-state index >= 15 is 0 Å². The number of hydrogen-bond acceptors (Lipinski definition) is 1. The van der Waals surface area contributed by atoms with Gasteiger partial charge >= 0.3 is 0 Å². The minimum Gasteiger partial charge on any atom is -0.308 e. The molecule has 0 aromatic heterocycles. The highest BCUT2D eigenvalue weighted by Gasteiger charge is 2.13. The van der Waals surface area contributed by atoms with Gasteiger partial charge in [0.1, 0.15) is 0 Å². The fraction of sp³-hybridized carbons (Fsp3) is 0.571. The molecule has 0 fully saturated rings. The number of benzene rings is 1. The Morgan fingerprint density at radius 2 is 1.87 bits per heavy atom. The summed E-state index contributed by atoms with van der Waals surface area (Å²) in [6, 6.07) is 6.64. The Labute approximate surface area is 93.9 Å². The first-order chi connectivity index (χ1) is 6.94. The SMILES string of the molecule is CCC(C)(C)NCc1cc(C)ccc1C. The van der Waals surface area contributed by atoms with E-state index in [1.54, 1.807) is 0 Å². The van der Waals surface area contributed by atoms with Crippen molar-refractivity contribution in [3.05, 3.63) is 34.9 Å². The van der Waals surface area contributed by atoms with Gasteiger partial charge in [-0.05, 0) is 45.2 Å². The average Bonchev–Trinajstić information content (AvgIpc) is 2.20. The van der Waals surface area contributed by atoms with Crippen molar-refractivity contribution in [3.63, 3.8) is 0 Å². The highest BCUT2D eigenvalue weighted by Crippen LogP contribution is 2.13. The van der Waals surface area contributed by atoms with Crippen molar-refractivity contribution in [3.8, 4) is 0 Å². The summed E-state index contributed by atoms with van der Waals surface area (Å²) in [7, 11) is 0. The summed E-state index contributed by atoms with van der Waals surface area (Å²) < 4.78 is 0. The Morgan fingerprint density at radius 1 is 1.20 bits per heavy atom. The summed E-state index contributed by atoms with van der Waals surface area (Å²) in [5, 5.41) is 3.59. The molecule has 0 bridgehead atoms. The summed E-state index contributed by atoms with van der Waals surface area (Å²) in [5.74, 6) is 0. The second kappa shape index (κ2) is 4.80. The molecular formula is C14H23N. The maximum absolute atomic E-state index is 3.59. The molecule has 15 heavy (non-hydrogen) atoms. The van der Waals surface area contributed by atoms with Crippen molar-refractivity contribution in [2.45, 2.75) is 53.1 Å². The zero-order valence-electron chi connectivity index (χ0n) is 10.6. The van der Waals surface area contributed by atoms with Gasteiger partial charge in [-0.15, -0.1) is 0 Å². The Balaban J connectivity index is 2.69. The van der Waals surface area contributed by atoms with Crippen LogP contribution >= 0.6 is 0 Å². The van der Waals surface area contributed by atoms with Crippen molar-refractivity contribution < 1.29 is 0 Å². The Hall–Kier alpha value is -0.820. The second-order valence-electron chi connectivity index (χ2n) is 5.02. The molecule has 0 saturated carbocycles. The average molecular weight is 205 g/mol. The molecule has 0 aliphatic carbocycles. The summed E-state index contributed by atoms with van der Waals surface area (Å²) in [6.07, 6.45) is 1.15. The quantitative estimate of drug-likeness (QED) is 0.792. The maximum Gasteiger partial charge on any atom is 0.0213 e. The minimum atomic E-state index is 0.232. The normalized spacial score (nSPS) is 11.8. The Bertz CT molecular complexity index is 326. The summed E-state index contributed by atoms with van der Waals surface area (Å²) in [6.45, 7) is 12.0. The van der Waals surface area contributed by atoms with Gasteiger partial charge in [-0.1, -0.05) is 30.7 Å². The van der Waals surface area contributed by atoms with Crippen LogP contribution in [-0.4, -0.2) is 5.54 Å². The fourth-order valence-electron chi connectivity index (χ4n) is 1.45. The summed E-state index contributed by atoms with van der Waals surface area (Å²) >= 11 is 0. The van der Waals surface area contributed by atoms with Gasteiger partial charge in [-0.3, -0.25) is 0 Å². The predicted molar refractivity (Wildman–Crippen MR) is 67.1 cm³/mol. The molecule has 0 amide bonds. The van der Waals surface area contributed by atoms with Crippen LogP contribution in [-0.2, 0) is 6.54 Å². The molecule has 84 valence electrons. The van der Waals surface area contributed by atoms with Crippen LogP contribution in [0.25, 0.3) is 0 Å². The largest absolute Gasteiger partial charge is 0.308 e. The van der Waals surface area contributed by atoms with E-state index < -0.39 is 0 Å². The molecule has 0 aliphatic rings. The lowest BCUT2D eigenvalue weighted by atomic mass is 10.00. The van der Waals surface area contributed by atoms with E-state index in [1.807, 2.05) is 0 Å². The van der Waals surface area contributed by atoms with Gasteiger partial charge in [0.15, 0.2) is 0 Å². The van der Waals surface area contributed by atoms with Gasteiger partial charge in [0.25, 0.3) is 0 Å². The third-order valence-electron chi connectivity index (χ3n) is 3.15. The molecule has 1 heteroatoms. The molecule has 0 atom stereocenters. The van der Waals surface area contributed by atoms with Crippen molar-refractivity contribution in [2.24, 2.45) is 0 Å². The van der Waals surface area contributed by atoms with E-state index in [4.69, 9.17) is 0 Å². The van der Waals surface area contributed by atoms with Gasteiger partial charge in [0, 0.05) is 12.1 Å². The summed E-state index contributed by atoms with van der Waals surface area (Å²) in [5.41, 5.74) is 4.36. The molecule has 1 aromatic rings. The van der Waals surface area contributed by atoms with Crippen LogP contribution < -0.4 is 5.32 Å². The van der Waals surface area contributed by atoms with E-state index in [-0.39, 0.29) is 5.54 Å². The molecular weight excluding hydrogens is 182 g/mol. The zero-order chi connectivity index (χ0) is 11.5. The Kier molecular flexibility index (Phi) is 3.92. The molecule has 0 radical (unpaired) electrons. The molecule has 0 aliphatic heterocycles. The van der Waals surface area contributed by atoms with E-state index in [2.05, 4.69) is 58.1 Å². The van der Waals surface area contributed by atoms with Crippen molar-refractivity contribution in [1.29, 1.82) is 0 Å². The lowest BCUT2D eigenvalue weighted by molar-refractivity contribution is 0.374. The number of aryl methyl sites for hydroxylation is 2. The van der Waals surface area contributed by atoms with Gasteiger partial charge in [0.05, 0.1) is 0 Å². The first-order valence-corrected chi connectivity index (χ1v) is 5.76. The standard InChI is InChI=1S/C14H23N/c1-6-14(4,5)15-10-13-9-11(2)7-8-12(13)3/h7-9,15H,6,10H2,1-5H3. The molecule has 0 heterocycles. The van der Waals surface area contributed by atoms with Crippen LogP contribution in [0.3, 0.4) is 0 Å². The lowest BCUT2D eigenvalue weighted by Crippen LogP contribution is -2.37. The number of hydrogen-bond donors (Lipinski definition) is 1. The molecule has 0 unspecified atom stereocenters. The van der Waals surface area contributed by atoms with E-state index in [9.17, 15) is 0 Å².